The summed E-state index contributed by atoms with van der Waals surface area (Å²) in [5.41, 5.74) is 0.517. The van der Waals surface area contributed by atoms with Crippen molar-refractivity contribution < 1.29 is 13.2 Å². The fourth-order valence-electron chi connectivity index (χ4n) is 1.26. The Bertz CT molecular complexity index is 476. The number of benzene rings is 1. The Morgan fingerprint density at radius 2 is 1.83 bits per heavy atom. The first kappa shape index (κ1) is 15.1. The van der Waals surface area contributed by atoms with Crippen molar-refractivity contribution in [3.63, 3.8) is 0 Å². The normalized spacial score (nSPS) is 11.2. The van der Waals surface area contributed by atoms with Crippen LogP contribution in [0.25, 0.3) is 0 Å². The fraction of sp³-hybridized carbons (Fsp3) is 0.364. The maximum Gasteiger partial charge on any atom is 0.251 e. The van der Waals surface area contributed by atoms with Gasteiger partial charge in [-0.1, -0.05) is 34.1 Å². The molecule has 1 aromatic carbocycles. The summed E-state index contributed by atoms with van der Waals surface area (Å²) < 4.78 is 25.2. The van der Waals surface area contributed by atoms with Gasteiger partial charge >= 0.3 is 0 Å². The van der Waals surface area contributed by atoms with Gasteiger partial charge in [-0.25, -0.2) is 13.1 Å². The molecule has 0 aliphatic rings. The van der Waals surface area contributed by atoms with E-state index in [2.05, 4.69) is 26.0 Å². The summed E-state index contributed by atoms with van der Waals surface area (Å²) in [5, 5.41) is 3.12. The van der Waals surface area contributed by atoms with Crippen LogP contribution >= 0.6 is 15.9 Å². The molecule has 0 bridgehead atoms. The van der Waals surface area contributed by atoms with Crippen LogP contribution in [0.3, 0.4) is 0 Å². The molecule has 5 nitrogen and oxygen atoms in total. The van der Waals surface area contributed by atoms with Crippen molar-refractivity contribution in [1.82, 2.24) is 10.0 Å². The summed E-state index contributed by atoms with van der Waals surface area (Å²) in [7, 11) is -3.32. The highest BCUT2D eigenvalue weighted by Crippen LogP contribution is 1.97. The van der Waals surface area contributed by atoms with Crippen LogP contribution in [0.5, 0.6) is 0 Å². The first-order valence-electron chi connectivity index (χ1n) is 5.42. The van der Waals surface area contributed by atoms with E-state index in [0.717, 1.165) is 0 Å². The molecule has 7 heteroatoms. The summed E-state index contributed by atoms with van der Waals surface area (Å²) in [4.78, 5) is 11.6. The van der Waals surface area contributed by atoms with Crippen LogP contribution in [0.2, 0.25) is 0 Å². The smallest absolute Gasteiger partial charge is 0.251 e. The van der Waals surface area contributed by atoms with E-state index in [-0.39, 0.29) is 18.2 Å². The van der Waals surface area contributed by atoms with Crippen molar-refractivity contribution in [1.29, 1.82) is 0 Å². The van der Waals surface area contributed by atoms with Crippen molar-refractivity contribution in [2.75, 3.05) is 24.2 Å². The van der Waals surface area contributed by atoms with Gasteiger partial charge in [0.2, 0.25) is 10.0 Å². The lowest BCUT2D eigenvalue weighted by molar-refractivity contribution is 0.0956. The molecule has 0 aliphatic heterocycles. The minimum atomic E-state index is -3.32. The predicted octanol–water partition coefficient (Wildman–Crippen LogP) is 0.731. The fourth-order valence-corrected chi connectivity index (χ4v) is 2.65. The third kappa shape index (κ3) is 5.61. The molecule has 0 saturated carbocycles. The number of hydrogen-bond acceptors (Lipinski definition) is 3. The number of nitrogens with one attached hydrogen (secondary N) is 2. The standard InChI is InChI=1S/C11H15BrN2O3S/c12-6-7-14-18(16,17)9-8-13-11(15)10-4-2-1-3-5-10/h1-5,14H,6-9H2,(H,13,15). The number of alkyl halides is 1. The first-order valence-corrected chi connectivity index (χ1v) is 8.19. The summed E-state index contributed by atoms with van der Waals surface area (Å²) in [6.07, 6.45) is 0. The van der Waals surface area contributed by atoms with Crippen molar-refractivity contribution in [3.05, 3.63) is 35.9 Å². The number of sulfonamides is 1. The van der Waals surface area contributed by atoms with E-state index in [9.17, 15) is 13.2 Å². The lowest BCUT2D eigenvalue weighted by Crippen LogP contribution is -2.35. The second-order valence-corrected chi connectivity index (χ2v) is 6.24. The van der Waals surface area contributed by atoms with Gasteiger partial charge in [-0.05, 0) is 12.1 Å². The van der Waals surface area contributed by atoms with Crippen molar-refractivity contribution in [2.24, 2.45) is 0 Å². The molecular weight excluding hydrogens is 320 g/mol. The Kier molecular flexibility index (Phi) is 6.31. The zero-order chi connectivity index (χ0) is 13.4. The van der Waals surface area contributed by atoms with Gasteiger partial charge in [-0.15, -0.1) is 0 Å². The molecule has 0 unspecified atom stereocenters. The number of amides is 1. The molecule has 0 atom stereocenters. The Morgan fingerprint density at radius 3 is 2.44 bits per heavy atom. The molecule has 0 aliphatic carbocycles. The van der Waals surface area contributed by atoms with Gasteiger partial charge in [0.25, 0.3) is 5.91 Å². The first-order chi connectivity index (χ1) is 8.55. The molecule has 0 aromatic heterocycles. The van der Waals surface area contributed by atoms with Crippen LogP contribution in [0.15, 0.2) is 30.3 Å². The van der Waals surface area contributed by atoms with Crippen LogP contribution in [0.1, 0.15) is 10.4 Å². The van der Waals surface area contributed by atoms with Gasteiger partial charge in [0.05, 0.1) is 5.75 Å². The summed E-state index contributed by atoms with van der Waals surface area (Å²) in [6.45, 7) is 0.431. The highest BCUT2D eigenvalue weighted by Gasteiger charge is 2.10. The van der Waals surface area contributed by atoms with E-state index in [1.807, 2.05) is 6.07 Å². The molecule has 18 heavy (non-hydrogen) atoms. The van der Waals surface area contributed by atoms with E-state index in [1.165, 1.54) is 0 Å². The van der Waals surface area contributed by atoms with E-state index < -0.39 is 10.0 Å². The maximum absolute atomic E-state index is 11.6. The highest BCUT2D eigenvalue weighted by molar-refractivity contribution is 9.09. The van der Waals surface area contributed by atoms with Gasteiger partial charge in [-0.2, -0.15) is 0 Å². The second kappa shape index (κ2) is 7.50. The third-order valence-corrected chi connectivity index (χ3v) is 3.89. The van der Waals surface area contributed by atoms with Gasteiger partial charge in [0, 0.05) is 24.0 Å². The average molecular weight is 335 g/mol. The number of hydrogen-bond donors (Lipinski definition) is 2. The van der Waals surface area contributed by atoms with Crippen LogP contribution in [0, 0.1) is 0 Å². The summed E-state index contributed by atoms with van der Waals surface area (Å²) in [6, 6.07) is 8.66. The van der Waals surface area contributed by atoms with Crippen LogP contribution < -0.4 is 10.0 Å². The van der Waals surface area contributed by atoms with Crippen LogP contribution in [-0.2, 0) is 10.0 Å². The zero-order valence-electron chi connectivity index (χ0n) is 9.73. The van der Waals surface area contributed by atoms with Gasteiger partial charge in [-0.3, -0.25) is 4.79 Å². The summed E-state index contributed by atoms with van der Waals surface area (Å²) >= 11 is 3.13. The SMILES string of the molecule is O=C(NCCS(=O)(=O)NCCBr)c1ccccc1. The lowest BCUT2D eigenvalue weighted by atomic mass is 10.2. The topological polar surface area (TPSA) is 75.3 Å². The monoisotopic (exact) mass is 334 g/mol. The quantitative estimate of drug-likeness (QED) is 0.722. The molecule has 0 fully saturated rings. The van der Waals surface area contributed by atoms with E-state index in [1.54, 1.807) is 24.3 Å². The van der Waals surface area contributed by atoms with E-state index in [4.69, 9.17) is 0 Å². The lowest BCUT2D eigenvalue weighted by Gasteiger charge is -2.07. The Morgan fingerprint density at radius 1 is 1.17 bits per heavy atom. The molecule has 1 aromatic rings. The van der Waals surface area contributed by atoms with Gasteiger partial charge < -0.3 is 5.32 Å². The zero-order valence-corrected chi connectivity index (χ0v) is 12.1. The molecule has 0 radical (unpaired) electrons. The van der Waals surface area contributed by atoms with Crippen LogP contribution in [0.4, 0.5) is 0 Å². The minimum Gasteiger partial charge on any atom is -0.351 e. The molecule has 1 rings (SSSR count). The maximum atomic E-state index is 11.6. The number of rotatable bonds is 7. The van der Waals surface area contributed by atoms with Crippen LogP contribution in [-0.4, -0.2) is 38.5 Å². The number of halogens is 1. The minimum absolute atomic E-state index is 0.0886. The molecule has 0 saturated heterocycles. The molecule has 0 heterocycles. The Labute approximate surface area is 115 Å². The van der Waals surface area contributed by atoms with Crippen molar-refractivity contribution >= 4 is 31.9 Å². The molecule has 0 spiro atoms. The highest BCUT2D eigenvalue weighted by atomic mass is 79.9. The largest absolute Gasteiger partial charge is 0.351 e. The summed E-state index contributed by atoms with van der Waals surface area (Å²) in [5.74, 6) is -0.398. The van der Waals surface area contributed by atoms with E-state index >= 15 is 0 Å². The second-order valence-electron chi connectivity index (χ2n) is 3.52. The number of carbonyl (C=O) groups is 1. The number of carbonyl (C=O) groups excluding carboxylic acids is 1. The Balaban J connectivity index is 2.36. The predicted molar refractivity (Wildman–Crippen MR) is 74.4 cm³/mol. The average Bonchev–Trinajstić information content (AvgIpc) is 2.37. The third-order valence-electron chi connectivity index (χ3n) is 2.11. The molecule has 100 valence electrons. The van der Waals surface area contributed by atoms with Crippen molar-refractivity contribution in [3.8, 4) is 0 Å². The van der Waals surface area contributed by atoms with E-state index in [0.29, 0.717) is 17.4 Å². The Hall–Kier alpha value is -0.920. The van der Waals surface area contributed by atoms with Gasteiger partial charge in [0.1, 0.15) is 0 Å². The molecule has 2 N–H and O–H groups in total. The molecule has 1 amide bonds. The molecular formula is C11H15BrN2O3S. The van der Waals surface area contributed by atoms with Gasteiger partial charge in [0.15, 0.2) is 0 Å². The van der Waals surface area contributed by atoms with Crippen molar-refractivity contribution in [2.45, 2.75) is 0 Å².